The Balaban J connectivity index is 2.91. The van der Waals surface area contributed by atoms with E-state index in [9.17, 15) is 0 Å². The lowest BCUT2D eigenvalue weighted by atomic mass is 10.1. The van der Waals surface area contributed by atoms with E-state index in [-0.39, 0.29) is 0 Å². The molecule has 0 aromatic heterocycles. The topological polar surface area (TPSA) is 9.23 Å². The smallest absolute Gasteiger partial charge is 0.0845 e. The van der Waals surface area contributed by atoms with Crippen LogP contribution < -0.4 is 0 Å². The van der Waals surface area contributed by atoms with Gasteiger partial charge in [-0.1, -0.05) is 39.0 Å². The van der Waals surface area contributed by atoms with Gasteiger partial charge in [0.2, 0.25) is 0 Å². The molecule has 0 atom stereocenters. The van der Waals surface area contributed by atoms with E-state index in [0.717, 1.165) is 6.61 Å². The lowest BCUT2D eigenvalue weighted by molar-refractivity contribution is 0.268. The van der Waals surface area contributed by atoms with Gasteiger partial charge in [-0.3, -0.25) is 0 Å². The Morgan fingerprint density at radius 2 is 1.62 bits per heavy atom. The van der Waals surface area contributed by atoms with Gasteiger partial charge in [-0.05, 0) is 25.8 Å². The van der Waals surface area contributed by atoms with Crippen molar-refractivity contribution in [2.45, 2.75) is 58.8 Å². The van der Waals surface area contributed by atoms with Crippen molar-refractivity contribution in [1.82, 2.24) is 0 Å². The number of hydrogen-bond donors (Lipinski definition) is 0. The normalized spacial score (nSPS) is 10.9. The first-order chi connectivity index (χ1) is 6.41. The number of unbranched alkanes of at least 4 members (excludes halogenated alkanes) is 6. The maximum Gasteiger partial charge on any atom is 0.0845 e. The highest BCUT2D eigenvalue weighted by molar-refractivity contribution is 4.72. The van der Waals surface area contributed by atoms with Crippen molar-refractivity contribution in [2.75, 3.05) is 6.61 Å². The molecule has 0 aromatic rings. The van der Waals surface area contributed by atoms with E-state index >= 15 is 0 Å². The van der Waals surface area contributed by atoms with Crippen LogP contribution in [0.1, 0.15) is 58.8 Å². The fourth-order valence-electron chi connectivity index (χ4n) is 1.27. The van der Waals surface area contributed by atoms with Crippen LogP contribution in [0.15, 0.2) is 12.3 Å². The second-order valence-electron chi connectivity index (χ2n) is 3.38. The van der Waals surface area contributed by atoms with Crippen molar-refractivity contribution < 1.29 is 4.74 Å². The maximum absolute atomic E-state index is 5.10. The molecule has 0 radical (unpaired) electrons. The molecular formula is C12H24O. The van der Waals surface area contributed by atoms with Crippen molar-refractivity contribution in [3.05, 3.63) is 12.3 Å². The molecule has 0 aliphatic carbocycles. The van der Waals surface area contributed by atoms with Crippen LogP contribution >= 0.6 is 0 Å². The van der Waals surface area contributed by atoms with Gasteiger partial charge in [-0.2, -0.15) is 0 Å². The van der Waals surface area contributed by atoms with E-state index in [1.807, 2.05) is 13.2 Å². The Labute approximate surface area is 83.2 Å². The fourth-order valence-corrected chi connectivity index (χ4v) is 1.27. The van der Waals surface area contributed by atoms with Crippen LogP contribution in [0.25, 0.3) is 0 Å². The zero-order chi connectivity index (χ0) is 9.78. The van der Waals surface area contributed by atoms with Gasteiger partial charge in [0.1, 0.15) is 0 Å². The SMILES string of the molecule is CCCCCCCC/C=C/OCC. The van der Waals surface area contributed by atoms with Gasteiger partial charge in [-0.25, -0.2) is 0 Å². The molecule has 0 saturated heterocycles. The summed E-state index contributed by atoms with van der Waals surface area (Å²) in [6, 6.07) is 0. The third kappa shape index (κ3) is 11.5. The minimum absolute atomic E-state index is 0.785. The number of hydrogen-bond acceptors (Lipinski definition) is 1. The summed E-state index contributed by atoms with van der Waals surface area (Å²) in [5.41, 5.74) is 0. The lowest BCUT2D eigenvalue weighted by Gasteiger charge is -1.97. The molecule has 0 fully saturated rings. The minimum atomic E-state index is 0.785. The Bertz CT molecular complexity index is 108. The molecule has 0 aliphatic rings. The molecule has 0 unspecified atom stereocenters. The van der Waals surface area contributed by atoms with Crippen molar-refractivity contribution >= 4 is 0 Å². The molecule has 0 saturated carbocycles. The quantitative estimate of drug-likeness (QED) is 0.384. The van der Waals surface area contributed by atoms with Crippen molar-refractivity contribution in [3.63, 3.8) is 0 Å². The largest absolute Gasteiger partial charge is 0.502 e. The highest BCUT2D eigenvalue weighted by Crippen LogP contribution is 2.06. The summed E-state index contributed by atoms with van der Waals surface area (Å²) >= 11 is 0. The van der Waals surface area contributed by atoms with E-state index in [2.05, 4.69) is 13.0 Å². The van der Waals surface area contributed by atoms with Crippen molar-refractivity contribution in [2.24, 2.45) is 0 Å². The van der Waals surface area contributed by atoms with Crippen molar-refractivity contribution in [1.29, 1.82) is 0 Å². The van der Waals surface area contributed by atoms with E-state index in [1.54, 1.807) is 0 Å². The van der Waals surface area contributed by atoms with E-state index in [1.165, 1.54) is 44.9 Å². The zero-order valence-electron chi connectivity index (χ0n) is 9.22. The molecule has 13 heavy (non-hydrogen) atoms. The molecule has 0 N–H and O–H groups in total. The highest BCUT2D eigenvalue weighted by atomic mass is 16.5. The minimum Gasteiger partial charge on any atom is -0.502 e. The van der Waals surface area contributed by atoms with Crippen LogP contribution in [-0.4, -0.2) is 6.61 Å². The molecule has 0 aliphatic heterocycles. The molecular weight excluding hydrogens is 160 g/mol. The third-order valence-electron chi connectivity index (χ3n) is 2.08. The van der Waals surface area contributed by atoms with Crippen LogP contribution in [-0.2, 0) is 4.74 Å². The van der Waals surface area contributed by atoms with Crippen molar-refractivity contribution in [3.8, 4) is 0 Å². The summed E-state index contributed by atoms with van der Waals surface area (Å²) in [4.78, 5) is 0. The van der Waals surface area contributed by atoms with Gasteiger partial charge < -0.3 is 4.74 Å². The van der Waals surface area contributed by atoms with Crippen LogP contribution in [0.2, 0.25) is 0 Å². The van der Waals surface area contributed by atoms with E-state index in [0.29, 0.717) is 0 Å². The summed E-state index contributed by atoms with van der Waals surface area (Å²) in [6.07, 6.45) is 13.4. The average Bonchev–Trinajstić information content (AvgIpc) is 2.16. The van der Waals surface area contributed by atoms with Crippen LogP contribution in [0.3, 0.4) is 0 Å². The molecule has 1 heteroatoms. The zero-order valence-corrected chi connectivity index (χ0v) is 9.22. The highest BCUT2D eigenvalue weighted by Gasteiger charge is 1.87. The first kappa shape index (κ1) is 12.5. The number of allylic oxidation sites excluding steroid dienone is 1. The Kier molecular flexibility index (Phi) is 11.1. The summed E-state index contributed by atoms with van der Waals surface area (Å²) in [7, 11) is 0. The van der Waals surface area contributed by atoms with Crippen LogP contribution in [0.4, 0.5) is 0 Å². The molecule has 0 heterocycles. The lowest BCUT2D eigenvalue weighted by Crippen LogP contribution is -1.79. The maximum atomic E-state index is 5.10. The summed E-state index contributed by atoms with van der Waals surface area (Å²) in [5, 5.41) is 0. The van der Waals surface area contributed by atoms with Gasteiger partial charge in [-0.15, -0.1) is 0 Å². The van der Waals surface area contributed by atoms with Gasteiger partial charge in [0.15, 0.2) is 0 Å². The third-order valence-corrected chi connectivity index (χ3v) is 2.08. The Morgan fingerprint density at radius 1 is 0.923 bits per heavy atom. The molecule has 0 amide bonds. The van der Waals surface area contributed by atoms with Gasteiger partial charge in [0, 0.05) is 0 Å². The predicted molar refractivity (Wildman–Crippen MR) is 58.8 cm³/mol. The second kappa shape index (κ2) is 11.5. The van der Waals surface area contributed by atoms with Gasteiger partial charge in [0.25, 0.3) is 0 Å². The first-order valence-corrected chi connectivity index (χ1v) is 5.68. The number of rotatable bonds is 9. The van der Waals surface area contributed by atoms with E-state index < -0.39 is 0 Å². The van der Waals surface area contributed by atoms with Gasteiger partial charge >= 0.3 is 0 Å². The molecule has 0 rings (SSSR count). The first-order valence-electron chi connectivity index (χ1n) is 5.68. The molecule has 0 aromatic carbocycles. The summed E-state index contributed by atoms with van der Waals surface area (Å²) < 4.78 is 5.10. The number of ether oxygens (including phenoxy) is 1. The van der Waals surface area contributed by atoms with Crippen LogP contribution in [0, 0.1) is 0 Å². The molecule has 1 nitrogen and oxygen atoms in total. The monoisotopic (exact) mass is 184 g/mol. The van der Waals surface area contributed by atoms with E-state index in [4.69, 9.17) is 4.74 Å². The summed E-state index contributed by atoms with van der Waals surface area (Å²) in [5.74, 6) is 0. The second-order valence-corrected chi connectivity index (χ2v) is 3.38. The molecule has 78 valence electrons. The van der Waals surface area contributed by atoms with Crippen LogP contribution in [0.5, 0.6) is 0 Å². The Morgan fingerprint density at radius 3 is 2.31 bits per heavy atom. The fraction of sp³-hybridized carbons (Fsp3) is 0.833. The summed E-state index contributed by atoms with van der Waals surface area (Å²) in [6.45, 7) is 5.05. The predicted octanol–water partition coefficient (Wildman–Crippen LogP) is 4.29. The molecule has 0 bridgehead atoms. The molecule has 0 spiro atoms. The Hall–Kier alpha value is -0.460. The standard InChI is InChI=1S/C12H24O/c1-3-5-6-7-8-9-10-11-12-13-4-2/h11-12H,3-10H2,1-2H3/b12-11+. The average molecular weight is 184 g/mol. The van der Waals surface area contributed by atoms with Gasteiger partial charge in [0.05, 0.1) is 12.9 Å².